The number of nitro groups is 1. The van der Waals surface area contributed by atoms with Crippen LogP contribution in [0.25, 0.3) is 5.76 Å². The Kier molecular flexibility index (Phi) is 6.39. The van der Waals surface area contributed by atoms with E-state index >= 15 is 0 Å². The van der Waals surface area contributed by atoms with Crippen LogP contribution in [-0.2, 0) is 4.79 Å². The second-order valence-electron chi connectivity index (χ2n) is 9.21. The first kappa shape index (κ1) is 24.5. The molecule has 5 rings (SSSR count). The minimum Gasteiger partial charge on any atom is -0.507 e. The number of allylic oxidation sites excluding steroid dienone is 2. The van der Waals surface area contributed by atoms with Gasteiger partial charge >= 0.3 is 0 Å². The number of halogens is 1. The third-order valence-corrected chi connectivity index (χ3v) is 7.09. The molecule has 0 amide bonds. The predicted molar refractivity (Wildman–Crippen MR) is 144 cm³/mol. The highest BCUT2D eigenvalue weighted by Crippen LogP contribution is 2.48. The molecular weight excluding hydrogens is 490 g/mol. The molecule has 7 nitrogen and oxygen atoms in total. The zero-order valence-corrected chi connectivity index (χ0v) is 20.8. The number of nitrogens with zero attached hydrogens (tertiary/aromatic N) is 2. The third kappa shape index (κ3) is 4.42. The number of hydrogen-bond donors (Lipinski definition) is 2. The highest BCUT2D eigenvalue weighted by Gasteiger charge is 2.43. The molecule has 0 saturated heterocycles. The number of aryl methyl sites for hydroxylation is 1. The van der Waals surface area contributed by atoms with Crippen LogP contribution in [0.5, 0.6) is 0 Å². The van der Waals surface area contributed by atoms with Crippen molar-refractivity contribution in [1.29, 1.82) is 5.41 Å². The molecule has 2 aliphatic rings. The number of nitro benzene ring substituents is 1. The van der Waals surface area contributed by atoms with Crippen LogP contribution in [0.15, 0.2) is 89.6 Å². The third-order valence-electron chi connectivity index (χ3n) is 6.83. The molecule has 37 heavy (non-hydrogen) atoms. The summed E-state index contributed by atoms with van der Waals surface area (Å²) in [7, 11) is 0. The maximum Gasteiger partial charge on any atom is 0.269 e. The molecule has 0 aromatic heterocycles. The molecule has 0 radical (unpaired) electrons. The minimum atomic E-state index is -0.833. The van der Waals surface area contributed by atoms with Crippen LogP contribution in [0.2, 0.25) is 5.02 Å². The Morgan fingerprint density at radius 1 is 1.08 bits per heavy atom. The molecule has 1 unspecified atom stereocenters. The maximum absolute atomic E-state index is 13.5. The van der Waals surface area contributed by atoms with Crippen LogP contribution in [0.3, 0.4) is 0 Å². The van der Waals surface area contributed by atoms with Gasteiger partial charge in [0.25, 0.3) is 5.69 Å². The van der Waals surface area contributed by atoms with E-state index in [4.69, 9.17) is 11.6 Å². The zero-order chi connectivity index (χ0) is 26.3. The van der Waals surface area contributed by atoms with E-state index < -0.39 is 10.8 Å². The van der Waals surface area contributed by atoms with Gasteiger partial charge in [-0.05, 0) is 49.6 Å². The molecule has 0 saturated carbocycles. The van der Waals surface area contributed by atoms with Crippen LogP contribution in [0.1, 0.15) is 41.9 Å². The molecule has 8 heteroatoms. The lowest BCUT2D eigenvalue weighted by molar-refractivity contribution is -0.384. The average Bonchev–Trinajstić information content (AvgIpc) is 2.89. The zero-order valence-electron chi connectivity index (χ0n) is 20.1. The first-order chi connectivity index (χ1) is 17.8. The van der Waals surface area contributed by atoms with Crippen molar-refractivity contribution in [3.05, 3.63) is 121 Å². The molecule has 0 bridgehead atoms. The molecule has 0 fully saturated rings. The van der Waals surface area contributed by atoms with E-state index in [0.717, 1.165) is 5.56 Å². The van der Waals surface area contributed by atoms with E-state index in [0.29, 0.717) is 52.4 Å². The van der Waals surface area contributed by atoms with Crippen LogP contribution < -0.4 is 4.90 Å². The number of amidine groups is 1. The molecule has 3 aromatic carbocycles. The van der Waals surface area contributed by atoms with E-state index in [9.17, 15) is 25.4 Å². The van der Waals surface area contributed by atoms with E-state index in [-0.39, 0.29) is 28.6 Å². The van der Waals surface area contributed by atoms with Crippen molar-refractivity contribution in [2.24, 2.45) is 0 Å². The molecule has 1 aliphatic carbocycles. The van der Waals surface area contributed by atoms with Crippen LogP contribution in [-0.4, -0.2) is 21.6 Å². The van der Waals surface area contributed by atoms with Gasteiger partial charge in [0, 0.05) is 57.6 Å². The number of aliphatic hydroxyl groups excluding tert-OH is 1. The first-order valence-electron chi connectivity index (χ1n) is 11.9. The van der Waals surface area contributed by atoms with Gasteiger partial charge in [0.1, 0.15) is 11.6 Å². The second-order valence-corrected chi connectivity index (χ2v) is 9.65. The number of carbonyl (C=O) groups is 1. The normalized spacial score (nSPS) is 19.1. The average molecular weight is 514 g/mol. The lowest BCUT2D eigenvalue weighted by atomic mass is 9.73. The smallest absolute Gasteiger partial charge is 0.269 e. The first-order valence-corrected chi connectivity index (χ1v) is 12.3. The summed E-state index contributed by atoms with van der Waals surface area (Å²) in [6, 6.07) is 20.3. The van der Waals surface area contributed by atoms with Crippen molar-refractivity contribution < 1.29 is 14.8 Å². The fourth-order valence-electron chi connectivity index (χ4n) is 5.09. The summed E-state index contributed by atoms with van der Waals surface area (Å²) >= 11 is 6.12. The molecule has 3 aromatic rings. The second kappa shape index (κ2) is 9.67. The van der Waals surface area contributed by atoms with E-state index in [1.807, 2.05) is 19.1 Å². The standard InChI is InChI=1S/C29H24ClN3O4/c1-17-8-10-18(11-9-17)28(35)27-25(19-4-2-5-22(16-19)33(36)37)26-23(6-3-7-24(26)34)32(29(27)31)21-14-12-20(30)13-15-21/h2,4-5,8-16,25,31,35H,3,6-7H2,1H3/b28-27+,31-29?. The number of Topliss-reactive ketones (excluding diaryl/α,β-unsaturated/α-hetero) is 1. The monoisotopic (exact) mass is 513 g/mol. The van der Waals surface area contributed by atoms with Gasteiger partial charge in [0.2, 0.25) is 0 Å². The van der Waals surface area contributed by atoms with Gasteiger partial charge in [-0.15, -0.1) is 0 Å². The van der Waals surface area contributed by atoms with Gasteiger partial charge < -0.3 is 5.11 Å². The number of anilines is 1. The minimum absolute atomic E-state index is 0.00496. The number of aliphatic hydroxyl groups is 1. The van der Waals surface area contributed by atoms with Crippen molar-refractivity contribution in [1.82, 2.24) is 0 Å². The van der Waals surface area contributed by atoms with Gasteiger partial charge in [-0.25, -0.2) is 0 Å². The lowest BCUT2D eigenvalue weighted by Gasteiger charge is -2.41. The van der Waals surface area contributed by atoms with Crippen molar-refractivity contribution in [2.45, 2.75) is 32.1 Å². The van der Waals surface area contributed by atoms with Crippen molar-refractivity contribution in [3.8, 4) is 0 Å². The number of carbonyl (C=O) groups excluding carboxylic acids is 1. The summed E-state index contributed by atoms with van der Waals surface area (Å²) in [6.07, 6.45) is 1.50. The number of nitrogens with one attached hydrogen (secondary N) is 1. The van der Waals surface area contributed by atoms with Crippen molar-refractivity contribution >= 4 is 40.4 Å². The van der Waals surface area contributed by atoms with E-state index in [1.165, 1.54) is 12.1 Å². The number of non-ortho nitro benzene ring substituents is 1. The number of ketones is 1. The number of benzene rings is 3. The quantitative estimate of drug-likeness (QED) is 0.219. The van der Waals surface area contributed by atoms with Crippen LogP contribution >= 0.6 is 11.6 Å². The summed E-state index contributed by atoms with van der Waals surface area (Å²) in [4.78, 5) is 26.3. The van der Waals surface area contributed by atoms with E-state index in [1.54, 1.807) is 53.4 Å². The Hall–Kier alpha value is -4.23. The van der Waals surface area contributed by atoms with Gasteiger partial charge in [-0.1, -0.05) is 53.6 Å². The van der Waals surface area contributed by atoms with Gasteiger partial charge in [-0.3, -0.25) is 25.2 Å². The van der Waals surface area contributed by atoms with Crippen molar-refractivity contribution in [3.63, 3.8) is 0 Å². The topological polar surface area (TPSA) is 108 Å². The number of rotatable bonds is 4. The fourth-order valence-corrected chi connectivity index (χ4v) is 5.21. The molecule has 0 spiro atoms. The summed E-state index contributed by atoms with van der Waals surface area (Å²) in [5, 5.41) is 33.1. The summed E-state index contributed by atoms with van der Waals surface area (Å²) in [6.45, 7) is 1.93. The molecule has 1 atom stereocenters. The lowest BCUT2D eigenvalue weighted by Crippen LogP contribution is -2.42. The van der Waals surface area contributed by atoms with Crippen LogP contribution in [0.4, 0.5) is 11.4 Å². The van der Waals surface area contributed by atoms with Crippen molar-refractivity contribution in [2.75, 3.05) is 4.90 Å². The predicted octanol–water partition coefficient (Wildman–Crippen LogP) is 7.11. The molecule has 186 valence electrons. The molecule has 2 N–H and O–H groups in total. The summed E-state index contributed by atoms with van der Waals surface area (Å²) in [5.74, 6) is -1.07. The van der Waals surface area contributed by atoms with Gasteiger partial charge in [0.15, 0.2) is 5.78 Å². The summed E-state index contributed by atoms with van der Waals surface area (Å²) < 4.78 is 0. The fraction of sp³-hybridized carbons (Fsp3) is 0.172. The number of hydrogen-bond acceptors (Lipinski definition) is 5. The Balaban J connectivity index is 1.83. The Morgan fingerprint density at radius 3 is 2.46 bits per heavy atom. The van der Waals surface area contributed by atoms with Gasteiger partial charge in [-0.2, -0.15) is 0 Å². The summed E-state index contributed by atoms with van der Waals surface area (Å²) in [5.41, 5.74) is 3.83. The highest BCUT2D eigenvalue weighted by molar-refractivity contribution is 6.30. The highest BCUT2D eigenvalue weighted by atomic mass is 35.5. The SMILES string of the molecule is Cc1ccc(/C(O)=C2\C(=N)N(c3ccc(Cl)cc3)C3=C(C(=O)CCC3)C2c2cccc([N+](=O)[O-])c2)cc1. The Labute approximate surface area is 219 Å². The largest absolute Gasteiger partial charge is 0.507 e. The Bertz CT molecular complexity index is 1490. The van der Waals surface area contributed by atoms with E-state index in [2.05, 4.69) is 0 Å². The Morgan fingerprint density at radius 2 is 1.78 bits per heavy atom. The maximum atomic E-state index is 13.5. The molecule has 1 aliphatic heterocycles. The molecule has 1 heterocycles. The van der Waals surface area contributed by atoms with Gasteiger partial charge in [0.05, 0.1) is 4.92 Å². The van der Waals surface area contributed by atoms with Crippen LogP contribution in [0, 0.1) is 22.4 Å². The molecular formula is C29H24ClN3O4.